The van der Waals surface area contributed by atoms with Crippen molar-refractivity contribution < 1.29 is 19.1 Å². The molecule has 1 unspecified atom stereocenters. The predicted octanol–water partition coefficient (Wildman–Crippen LogP) is 2.70. The molecular weight excluding hydrogens is 458 g/mol. The number of aryl methyl sites for hydroxylation is 1. The number of ether oxygens (including phenoxy) is 1. The molecule has 9 heteroatoms. The number of hydrogen-bond donors (Lipinski definition) is 2. The lowest BCUT2D eigenvalue weighted by molar-refractivity contribution is -0.147. The number of nitrogens with one attached hydrogen (secondary N) is 2. The first-order valence-corrected chi connectivity index (χ1v) is 10.8. The first-order valence-electron chi connectivity index (χ1n) is 9.65. The number of benzene rings is 1. The molecule has 1 fully saturated rings. The summed E-state index contributed by atoms with van der Waals surface area (Å²) < 4.78 is 6.03. The molecule has 2 rings (SSSR count). The maximum absolute atomic E-state index is 12.5. The van der Waals surface area contributed by atoms with E-state index in [4.69, 9.17) is 17.0 Å². The van der Waals surface area contributed by atoms with Crippen molar-refractivity contribution in [2.45, 2.75) is 45.6 Å². The molecule has 1 heterocycles. The van der Waals surface area contributed by atoms with Gasteiger partial charge in [-0.3, -0.25) is 19.7 Å². The van der Waals surface area contributed by atoms with Crippen molar-refractivity contribution in [2.24, 2.45) is 0 Å². The third-order valence-electron chi connectivity index (χ3n) is 4.62. The number of rotatable bonds is 7. The summed E-state index contributed by atoms with van der Waals surface area (Å²) in [5, 5.41) is 5.51. The fourth-order valence-electron chi connectivity index (χ4n) is 2.89. The Balaban J connectivity index is 2.00. The minimum Gasteiger partial charge on any atom is -0.466 e. The SMILES string of the molecule is CCCCCOC(=O)CC1C(=O)NCCN1C(=S)NC(=O)c1ccc(C)c(Br)c1. The Morgan fingerprint density at radius 3 is 2.83 bits per heavy atom. The van der Waals surface area contributed by atoms with Gasteiger partial charge in [-0.2, -0.15) is 0 Å². The smallest absolute Gasteiger partial charge is 0.308 e. The molecule has 0 aliphatic carbocycles. The van der Waals surface area contributed by atoms with Crippen LogP contribution in [0, 0.1) is 6.92 Å². The largest absolute Gasteiger partial charge is 0.466 e. The first-order chi connectivity index (χ1) is 13.8. The molecule has 1 aliphatic rings. The number of piperazine rings is 1. The molecule has 1 aromatic rings. The van der Waals surface area contributed by atoms with Crippen LogP contribution in [-0.2, 0) is 14.3 Å². The summed E-state index contributed by atoms with van der Waals surface area (Å²) in [7, 11) is 0. The number of nitrogens with zero attached hydrogens (tertiary/aromatic N) is 1. The number of thiocarbonyl (C=S) groups is 1. The molecule has 1 aliphatic heterocycles. The number of unbranched alkanes of at least 4 members (excludes halogenated alkanes) is 2. The zero-order chi connectivity index (χ0) is 21.4. The van der Waals surface area contributed by atoms with Gasteiger partial charge in [0.05, 0.1) is 13.0 Å². The Kier molecular flexibility index (Phi) is 9.03. The number of carbonyl (C=O) groups is 3. The molecule has 1 aromatic carbocycles. The summed E-state index contributed by atoms with van der Waals surface area (Å²) in [6, 6.07) is 4.43. The van der Waals surface area contributed by atoms with Crippen molar-refractivity contribution in [2.75, 3.05) is 19.7 Å². The summed E-state index contributed by atoms with van der Waals surface area (Å²) in [6.45, 7) is 5.11. The van der Waals surface area contributed by atoms with Crippen LogP contribution >= 0.6 is 28.1 Å². The monoisotopic (exact) mass is 483 g/mol. The summed E-state index contributed by atoms with van der Waals surface area (Å²) in [6.07, 6.45) is 2.68. The van der Waals surface area contributed by atoms with E-state index in [1.807, 2.05) is 13.0 Å². The zero-order valence-electron chi connectivity index (χ0n) is 16.6. The van der Waals surface area contributed by atoms with Crippen LogP contribution < -0.4 is 10.6 Å². The van der Waals surface area contributed by atoms with E-state index in [0.717, 1.165) is 29.3 Å². The van der Waals surface area contributed by atoms with Crippen LogP contribution in [-0.4, -0.2) is 53.5 Å². The van der Waals surface area contributed by atoms with Gasteiger partial charge in [0.1, 0.15) is 6.04 Å². The molecule has 1 atom stereocenters. The van der Waals surface area contributed by atoms with Gasteiger partial charge >= 0.3 is 5.97 Å². The average Bonchev–Trinajstić information content (AvgIpc) is 2.68. The fraction of sp³-hybridized carbons (Fsp3) is 0.500. The van der Waals surface area contributed by atoms with E-state index in [0.29, 0.717) is 25.3 Å². The fourth-order valence-corrected chi connectivity index (χ4v) is 3.58. The molecule has 7 nitrogen and oxygen atoms in total. The highest BCUT2D eigenvalue weighted by Crippen LogP contribution is 2.18. The van der Waals surface area contributed by atoms with Crippen LogP contribution in [0.2, 0.25) is 0 Å². The molecule has 0 radical (unpaired) electrons. The van der Waals surface area contributed by atoms with Crippen LogP contribution in [0.15, 0.2) is 22.7 Å². The summed E-state index contributed by atoms with van der Waals surface area (Å²) in [5.41, 5.74) is 1.45. The van der Waals surface area contributed by atoms with Crippen molar-refractivity contribution in [3.8, 4) is 0 Å². The Morgan fingerprint density at radius 2 is 2.14 bits per heavy atom. The Bertz CT molecular complexity index is 787. The number of amides is 2. The lowest BCUT2D eigenvalue weighted by Gasteiger charge is -2.36. The Labute approximate surface area is 184 Å². The van der Waals surface area contributed by atoms with Gasteiger partial charge in [-0.25, -0.2) is 0 Å². The van der Waals surface area contributed by atoms with E-state index >= 15 is 0 Å². The van der Waals surface area contributed by atoms with E-state index < -0.39 is 12.0 Å². The number of halogens is 1. The van der Waals surface area contributed by atoms with Crippen molar-refractivity contribution in [1.82, 2.24) is 15.5 Å². The quantitative estimate of drug-likeness (QED) is 0.352. The predicted molar refractivity (Wildman–Crippen MR) is 118 cm³/mol. The van der Waals surface area contributed by atoms with E-state index in [1.165, 1.54) is 0 Å². The van der Waals surface area contributed by atoms with Crippen molar-refractivity contribution in [3.63, 3.8) is 0 Å². The second kappa shape index (κ2) is 11.3. The summed E-state index contributed by atoms with van der Waals surface area (Å²) in [5.74, 6) is -1.14. The lowest BCUT2D eigenvalue weighted by Crippen LogP contribution is -2.60. The van der Waals surface area contributed by atoms with E-state index in [-0.39, 0.29) is 23.3 Å². The van der Waals surface area contributed by atoms with Gasteiger partial charge in [0, 0.05) is 23.1 Å². The summed E-state index contributed by atoms with van der Waals surface area (Å²) >= 11 is 8.77. The second-order valence-corrected chi connectivity index (χ2v) is 8.10. The maximum Gasteiger partial charge on any atom is 0.308 e. The second-order valence-electron chi connectivity index (χ2n) is 6.86. The van der Waals surface area contributed by atoms with Crippen LogP contribution in [0.4, 0.5) is 0 Å². The van der Waals surface area contributed by atoms with Gasteiger partial charge in [0.15, 0.2) is 5.11 Å². The van der Waals surface area contributed by atoms with Crippen molar-refractivity contribution in [3.05, 3.63) is 33.8 Å². The molecule has 29 heavy (non-hydrogen) atoms. The molecule has 0 spiro atoms. The molecule has 2 amide bonds. The van der Waals surface area contributed by atoms with E-state index in [1.54, 1.807) is 17.0 Å². The topological polar surface area (TPSA) is 87.7 Å². The van der Waals surface area contributed by atoms with Crippen LogP contribution in [0.5, 0.6) is 0 Å². The van der Waals surface area contributed by atoms with Gasteiger partial charge < -0.3 is 15.0 Å². The van der Waals surface area contributed by atoms with Crippen molar-refractivity contribution >= 4 is 51.0 Å². The first kappa shape index (κ1) is 23.3. The minimum atomic E-state index is -0.806. The average molecular weight is 484 g/mol. The molecular formula is C20H26BrN3O4S. The molecule has 0 aromatic heterocycles. The number of esters is 1. The van der Waals surface area contributed by atoms with Gasteiger partial charge in [0.25, 0.3) is 5.91 Å². The van der Waals surface area contributed by atoms with Crippen molar-refractivity contribution in [1.29, 1.82) is 0 Å². The molecule has 0 saturated carbocycles. The summed E-state index contributed by atoms with van der Waals surface area (Å²) in [4.78, 5) is 38.6. The Hall–Kier alpha value is -2.00. The van der Waals surface area contributed by atoms with E-state index in [2.05, 4.69) is 33.5 Å². The third kappa shape index (κ3) is 6.78. The molecule has 1 saturated heterocycles. The molecule has 0 bridgehead atoms. The van der Waals surface area contributed by atoms with Gasteiger partial charge in [-0.15, -0.1) is 0 Å². The van der Waals surface area contributed by atoms with Crippen LogP contribution in [0.25, 0.3) is 0 Å². The minimum absolute atomic E-state index is 0.116. The number of carbonyl (C=O) groups excluding carboxylic acids is 3. The maximum atomic E-state index is 12.5. The highest BCUT2D eigenvalue weighted by atomic mass is 79.9. The standard InChI is InChI=1S/C20H26BrN3O4S/c1-3-4-5-10-28-17(25)12-16-19(27)22-8-9-24(16)20(29)23-18(26)14-7-6-13(2)15(21)11-14/h6-7,11,16H,3-5,8-10,12H2,1-2H3,(H,22,27)(H,23,26,29). The lowest BCUT2D eigenvalue weighted by atomic mass is 10.1. The van der Waals surface area contributed by atoms with Gasteiger partial charge in [0.2, 0.25) is 5.91 Å². The zero-order valence-corrected chi connectivity index (χ0v) is 19.0. The Morgan fingerprint density at radius 1 is 1.38 bits per heavy atom. The number of hydrogen-bond acceptors (Lipinski definition) is 5. The van der Waals surface area contributed by atoms with Crippen LogP contribution in [0.3, 0.4) is 0 Å². The van der Waals surface area contributed by atoms with E-state index in [9.17, 15) is 14.4 Å². The normalized spacial score (nSPS) is 16.2. The molecule has 158 valence electrons. The van der Waals surface area contributed by atoms with Gasteiger partial charge in [-0.1, -0.05) is 41.8 Å². The highest BCUT2D eigenvalue weighted by molar-refractivity contribution is 9.10. The molecule has 2 N–H and O–H groups in total. The third-order valence-corrected chi connectivity index (χ3v) is 5.81. The highest BCUT2D eigenvalue weighted by Gasteiger charge is 2.34. The van der Waals surface area contributed by atoms with Crippen LogP contribution in [0.1, 0.15) is 48.5 Å². The van der Waals surface area contributed by atoms with Gasteiger partial charge in [-0.05, 0) is 43.3 Å².